The Morgan fingerprint density at radius 2 is 2.11 bits per heavy atom. The summed E-state index contributed by atoms with van der Waals surface area (Å²) in [5.41, 5.74) is 1.29. The fraction of sp³-hybridized carbons (Fsp3) is 0.579. The molecule has 2 aromatic rings. The van der Waals surface area contributed by atoms with Crippen LogP contribution in [0.5, 0.6) is 5.88 Å². The quantitative estimate of drug-likeness (QED) is 0.815. The summed E-state index contributed by atoms with van der Waals surface area (Å²) in [4.78, 5) is 5.95. The first-order chi connectivity index (χ1) is 12.8. The number of H-pyrrole nitrogens is 1. The lowest BCUT2D eigenvalue weighted by Gasteiger charge is -2.23. The van der Waals surface area contributed by atoms with Gasteiger partial charge in [-0.15, -0.1) is 5.10 Å². The number of aryl methyl sites for hydroxylation is 1. The first-order valence-electron chi connectivity index (χ1n) is 9.23. The standard InChI is InChI=1S/C19H25F3N4O/c1-4-27-18-10-16(24-25-18)13(3)26-6-5-14(11-26)8-15-7-12(2)23-17(9-15)19(20,21)22/h7,9-10,13-14H,4-6,8,11H2,1-3H3,(H,24,25)/t13?,14-/m1/s1. The van der Waals surface area contributed by atoms with E-state index in [0.717, 1.165) is 25.2 Å². The molecule has 1 unspecified atom stereocenters. The minimum absolute atomic E-state index is 0.154. The van der Waals surface area contributed by atoms with Crippen LogP contribution in [0.15, 0.2) is 18.2 Å². The van der Waals surface area contributed by atoms with Crippen molar-refractivity contribution >= 4 is 0 Å². The zero-order chi connectivity index (χ0) is 19.6. The second kappa shape index (κ2) is 7.88. The van der Waals surface area contributed by atoms with Crippen LogP contribution >= 0.6 is 0 Å². The van der Waals surface area contributed by atoms with Crippen molar-refractivity contribution in [3.05, 3.63) is 40.8 Å². The van der Waals surface area contributed by atoms with Gasteiger partial charge >= 0.3 is 6.18 Å². The number of rotatable bonds is 6. The molecule has 2 atom stereocenters. The smallest absolute Gasteiger partial charge is 0.433 e. The maximum absolute atomic E-state index is 13.0. The highest BCUT2D eigenvalue weighted by Gasteiger charge is 2.33. The molecule has 8 heteroatoms. The van der Waals surface area contributed by atoms with Gasteiger partial charge in [-0.25, -0.2) is 4.98 Å². The van der Waals surface area contributed by atoms with Crippen molar-refractivity contribution in [2.24, 2.45) is 5.92 Å². The predicted octanol–water partition coefficient (Wildman–Crippen LogP) is 4.16. The van der Waals surface area contributed by atoms with Crippen LogP contribution in [-0.2, 0) is 12.6 Å². The Balaban J connectivity index is 1.63. The summed E-state index contributed by atoms with van der Waals surface area (Å²) < 4.78 is 44.3. The van der Waals surface area contributed by atoms with E-state index in [1.165, 1.54) is 6.07 Å². The third kappa shape index (κ3) is 4.80. The van der Waals surface area contributed by atoms with Crippen molar-refractivity contribution in [2.75, 3.05) is 19.7 Å². The SMILES string of the molecule is CCOc1cc(C(C)N2CC[C@H](Cc3cc(C)nc(C(F)(F)F)c3)C2)[nH]n1. The summed E-state index contributed by atoms with van der Waals surface area (Å²) in [5.74, 6) is 0.909. The van der Waals surface area contributed by atoms with Crippen molar-refractivity contribution in [3.8, 4) is 5.88 Å². The Labute approximate surface area is 156 Å². The second-order valence-corrected chi connectivity index (χ2v) is 7.12. The number of hydrogen-bond acceptors (Lipinski definition) is 4. The largest absolute Gasteiger partial charge is 0.477 e. The molecule has 0 radical (unpaired) electrons. The molecule has 3 heterocycles. The van der Waals surface area contributed by atoms with Crippen LogP contribution in [0.2, 0.25) is 0 Å². The van der Waals surface area contributed by atoms with Crippen LogP contribution in [0.1, 0.15) is 49.0 Å². The summed E-state index contributed by atoms with van der Waals surface area (Å²) in [5, 5.41) is 7.15. The van der Waals surface area contributed by atoms with Crippen LogP contribution in [0.25, 0.3) is 0 Å². The molecule has 5 nitrogen and oxygen atoms in total. The number of pyridine rings is 1. The summed E-state index contributed by atoms with van der Waals surface area (Å²) >= 11 is 0. The van der Waals surface area contributed by atoms with E-state index < -0.39 is 11.9 Å². The number of aromatic amines is 1. The Hall–Kier alpha value is -2.09. The van der Waals surface area contributed by atoms with Gasteiger partial charge in [0.25, 0.3) is 0 Å². The molecule has 1 aliphatic heterocycles. The molecule has 1 N–H and O–H groups in total. The maximum atomic E-state index is 13.0. The number of halogens is 3. The van der Waals surface area contributed by atoms with Gasteiger partial charge in [-0.05, 0) is 63.8 Å². The van der Waals surface area contributed by atoms with Gasteiger partial charge in [0.2, 0.25) is 5.88 Å². The molecule has 1 aliphatic rings. The zero-order valence-corrected chi connectivity index (χ0v) is 15.8. The van der Waals surface area contributed by atoms with Gasteiger partial charge in [0.05, 0.1) is 12.3 Å². The van der Waals surface area contributed by atoms with E-state index in [0.29, 0.717) is 36.1 Å². The van der Waals surface area contributed by atoms with Crippen molar-refractivity contribution in [3.63, 3.8) is 0 Å². The molecule has 0 spiro atoms. The van der Waals surface area contributed by atoms with Gasteiger partial charge in [0.15, 0.2) is 0 Å². The predicted molar refractivity (Wildman–Crippen MR) is 95.5 cm³/mol. The third-order valence-corrected chi connectivity index (χ3v) is 5.01. The molecule has 0 aliphatic carbocycles. The van der Waals surface area contributed by atoms with Crippen molar-refractivity contribution in [1.82, 2.24) is 20.1 Å². The summed E-state index contributed by atoms with van der Waals surface area (Å²) in [6.45, 7) is 7.93. The third-order valence-electron chi connectivity index (χ3n) is 5.01. The van der Waals surface area contributed by atoms with Crippen molar-refractivity contribution in [2.45, 2.75) is 45.8 Å². The molecule has 148 valence electrons. The Bertz CT molecular complexity index is 775. The van der Waals surface area contributed by atoms with E-state index in [2.05, 4.69) is 27.0 Å². The zero-order valence-electron chi connectivity index (χ0n) is 15.8. The normalized spacial score (nSPS) is 19.4. The average molecular weight is 382 g/mol. The van der Waals surface area contributed by atoms with Crippen molar-refractivity contribution in [1.29, 1.82) is 0 Å². The van der Waals surface area contributed by atoms with Gasteiger partial charge in [-0.3, -0.25) is 10.00 Å². The molecule has 2 aromatic heterocycles. The van der Waals surface area contributed by atoms with E-state index in [4.69, 9.17) is 4.74 Å². The second-order valence-electron chi connectivity index (χ2n) is 7.12. The summed E-state index contributed by atoms with van der Waals surface area (Å²) in [7, 11) is 0. The lowest BCUT2D eigenvalue weighted by Crippen LogP contribution is -2.25. The van der Waals surface area contributed by atoms with E-state index >= 15 is 0 Å². The Morgan fingerprint density at radius 3 is 2.81 bits per heavy atom. The van der Waals surface area contributed by atoms with E-state index in [-0.39, 0.29) is 6.04 Å². The van der Waals surface area contributed by atoms with Crippen LogP contribution in [0, 0.1) is 12.8 Å². The molecule has 0 amide bonds. The van der Waals surface area contributed by atoms with Crippen LogP contribution in [0.4, 0.5) is 13.2 Å². The molecular weight excluding hydrogens is 357 g/mol. The highest BCUT2D eigenvalue weighted by Crippen LogP contribution is 2.32. The van der Waals surface area contributed by atoms with E-state index in [9.17, 15) is 13.2 Å². The fourth-order valence-corrected chi connectivity index (χ4v) is 3.67. The lowest BCUT2D eigenvalue weighted by atomic mass is 9.98. The fourth-order valence-electron chi connectivity index (χ4n) is 3.67. The lowest BCUT2D eigenvalue weighted by molar-refractivity contribution is -0.141. The maximum Gasteiger partial charge on any atom is 0.433 e. The molecule has 1 saturated heterocycles. The topological polar surface area (TPSA) is 54.0 Å². The van der Waals surface area contributed by atoms with Gasteiger partial charge < -0.3 is 4.74 Å². The minimum atomic E-state index is -4.41. The molecule has 0 aromatic carbocycles. The number of aromatic nitrogens is 3. The minimum Gasteiger partial charge on any atom is -0.477 e. The molecule has 27 heavy (non-hydrogen) atoms. The molecule has 0 saturated carbocycles. The van der Waals surface area contributed by atoms with Crippen LogP contribution < -0.4 is 4.74 Å². The van der Waals surface area contributed by atoms with Gasteiger partial charge in [-0.2, -0.15) is 13.2 Å². The van der Waals surface area contributed by atoms with E-state index in [1.54, 1.807) is 13.0 Å². The average Bonchev–Trinajstić information content (AvgIpc) is 3.23. The number of ether oxygens (including phenoxy) is 1. The molecular formula is C19H25F3N4O. The van der Waals surface area contributed by atoms with Crippen LogP contribution in [0.3, 0.4) is 0 Å². The van der Waals surface area contributed by atoms with E-state index in [1.807, 2.05) is 13.0 Å². The van der Waals surface area contributed by atoms with Gasteiger partial charge in [-0.1, -0.05) is 0 Å². The Morgan fingerprint density at radius 1 is 1.33 bits per heavy atom. The number of likely N-dealkylation sites (tertiary alicyclic amines) is 1. The van der Waals surface area contributed by atoms with Crippen molar-refractivity contribution < 1.29 is 17.9 Å². The first-order valence-corrected chi connectivity index (χ1v) is 9.23. The molecule has 1 fully saturated rings. The highest BCUT2D eigenvalue weighted by molar-refractivity contribution is 5.23. The molecule has 0 bridgehead atoms. The number of nitrogens with zero attached hydrogens (tertiary/aromatic N) is 3. The highest BCUT2D eigenvalue weighted by atomic mass is 19.4. The first kappa shape index (κ1) is 19.7. The number of alkyl halides is 3. The number of nitrogens with one attached hydrogen (secondary N) is 1. The Kier molecular flexibility index (Phi) is 5.74. The van der Waals surface area contributed by atoms with Crippen LogP contribution in [-0.4, -0.2) is 39.8 Å². The monoisotopic (exact) mass is 382 g/mol. The van der Waals surface area contributed by atoms with Gasteiger partial charge in [0.1, 0.15) is 5.69 Å². The van der Waals surface area contributed by atoms with Gasteiger partial charge in [0, 0.05) is 24.3 Å². The molecule has 3 rings (SSSR count). The summed E-state index contributed by atoms with van der Waals surface area (Å²) in [6.07, 6.45) is -2.82. The summed E-state index contributed by atoms with van der Waals surface area (Å²) in [6, 6.07) is 5.00. The number of hydrogen-bond donors (Lipinski definition) is 1.